The number of nitrogens with one attached hydrogen (secondary N) is 2. The first-order chi connectivity index (χ1) is 8.74. The molecule has 1 atom stereocenters. The van der Waals surface area contributed by atoms with Crippen LogP contribution in [0, 0.1) is 13.8 Å². The topological polar surface area (TPSA) is 27.8 Å². The van der Waals surface area contributed by atoms with Gasteiger partial charge in [0.05, 0.1) is 0 Å². The molecule has 18 heavy (non-hydrogen) atoms. The van der Waals surface area contributed by atoms with Crippen LogP contribution in [-0.2, 0) is 6.42 Å². The van der Waals surface area contributed by atoms with E-state index in [9.17, 15) is 0 Å². The molecular formula is C16H22N2. The van der Waals surface area contributed by atoms with E-state index in [-0.39, 0.29) is 0 Å². The van der Waals surface area contributed by atoms with Crippen molar-refractivity contribution in [2.75, 3.05) is 6.54 Å². The number of aromatic nitrogens is 1. The van der Waals surface area contributed by atoms with Gasteiger partial charge in [-0.1, -0.05) is 18.6 Å². The van der Waals surface area contributed by atoms with Gasteiger partial charge in [0.2, 0.25) is 0 Å². The van der Waals surface area contributed by atoms with Gasteiger partial charge >= 0.3 is 0 Å². The van der Waals surface area contributed by atoms with Gasteiger partial charge in [-0.25, -0.2) is 0 Å². The number of aromatic amines is 1. The van der Waals surface area contributed by atoms with Crippen molar-refractivity contribution in [2.24, 2.45) is 0 Å². The second-order valence-corrected chi connectivity index (χ2v) is 5.63. The average Bonchev–Trinajstić information content (AvgIpc) is 2.66. The minimum atomic E-state index is 0.665. The molecule has 1 saturated heterocycles. The molecular weight excluding hydrogens is 220 g/mol. The molecule has 2 heteroatoms. The Bertz CT molecular complexity index is 547. The molecule has 2 nitrogen and oxygen atoms in total. The SMILES string of the molecule is Cc1ccc2c(CC3CCCCN3)c(C)[nH]c2c1. The normalized spacial score (nSPS) is 20.4. The average molecular weight is 242 g/mol. The number of H-pyrrole nitrogens is 1. The van der Waals surface area contributed by atoms with Gasteiger partial charge in [-0.3, -0.25) is 0 Å². The van der Waals surface area contributed by atoms with Crippen molar-refractivity contribution in [3.63, 3.8) is 0 Å². The Labute approximate surface area is 109 Å². The minimum absolute atomic E-state index is 0.665. The lowest BCUT2D eigenvalue weighted by molar-refractivity contribution is 0.399. The van der Waals surface area contributed by atoms with Crippen molar-refractivity contribution in [3.05, 3.63) is 35.0 Å². The number of hydrogen-bond donors (Lipinski definition) is 2. The zero-order valence-electron chi connectivity index (χ0n) is 11.3. The maximum atomic E-state index is 3.65. The summed E-state index contributed by atoms with van der Waals surface area (Å²) < 4.78 is 0. The molecule has 0 aliphatic carbocycles. The van der Waals surface area contributed by atoms with Crippen molar-refractivity contribution < 1.29 is 0 Å². The predicted octanol–water partition coefficient (Wildman–Crippen LogP) is 3.47. The van der Waals surface area contributed by atoms with E-state index in [1.165, 1.54) is 53.5 Å². The molecule has 0 spiro atoms. The van der Waals surface area contributed by atoms with Gasteiger partial charge < -0.3 is 10.3 Å². The predicted molar refractivity (Wildman–Crippen MR) is 77.1 cm³/mol. The fraction of sp³-hybridized carbons (Fsp3) is 0.500. The summed E-state index contributed by atoms with van der Waals surface area (Å²) in [6.45, 7) is 5.54. The molecule has 2 N–H and O–H groups in total. The van der Waals surface area contributed by atoms with Gasteiger partial charge in [0.1, 0.15) is 0 Å². The van der Waals surface area contributed by atoms with E-state index in [1.54, 1.807) is 0 Å². The first kappa shape index (κ1) is 11.8. The Morgan fingerprint density at radius 1 is 1.22 bits per heavy atom. The van der Waals surface area contributed by atoms with E-state index >= 15 is 0 Å². The van der Waals surface area contributed by atoms with Gasteiger partial charge in [-0.2, -0.15) is 0 Å². The van der Waals surface area contributed by atoms with Crippen LogP contribution in [0.15, 0.2) is 18.2 Å². The van der Waals surface area contributed by atoms with Crippen LogP contribution >= 0.6 is 0 Å². The van der Waals surface area contributed by atoms with Crippen LogP contribution in [0.1, 0.15) is 36.1 Å². The number of aryl methyl sites for hydroxylation is 2. The van der Waals surface area contributed by atoms with Crippen molar-refractivity contribution in [1.29, 1.82) is 0 Å². The summed E-state index contributed by atoms with van der Waals surface area (Å²) in [7, 11) is 0. The maximum absolute atomic E-state index is 3.65. The molecule has 0 saturated carbocycles. The fourth-order valence-electron chi connectivity index (χ4n) is 3.11. The van der Waals surface area contributed by atoms with Crippen LogP contribution in [0.4, 0.5) is 0 Å². The van der Waals surface area contributed by atoms with E-state index in [0.717, 1.165) is 6.42 Å². The molecule has 1 unspecified atom stereocenters. The highest BCUT2D eigenvalue weighted by Crippen LogP contribution is 2.25. The van der Waals surface area contributed by atoms with Crippen LogP contribution in [0.5, 0.6) is 0 Å². The first-order valence-electron chi connectivity index (χ1n) is 7.05. The van der Waals surface area contributed by atoms with Gasteiger partial charge in [-0.15, -0.1) is 0 Å². The fourth-order valence-corrected chi connectivity index (χ4v) is 3.11. The molecule has 0 radical (unpaired) electrons. The smallest absolute Gasteiger partial charge is 0.0461 e. The highest BCUT2D eigenvalue weighted by molar-refractivity contribution is 5.85. The maximum Gasteiger partial charge on any atom is 0.0461 e. The zero-order valence-corrected chi connectivity index (χ0v) is 11.3. The Kier molecular flexibility index (Phi) is 3.13. The Balaban J connectivity index is 1.92. The third kappa shape index (κ3) is 2.17. The standard InChI is InChI=1S/C16H22N2/c1-11-6-7-14-15(12(2)18-16(14)9-11)10-13-5-3-4-8-17-13/h6-7,9,13,17-18H,3-5,8,10H2,1-2H3. The molecule has 1 fully saturated rings. The van der Waals surface area contributed by atoms with E-state index in [1.807, 2.05) is 0 Å². The summed E-state index contributed by atoms with van der Waals surface area (Å²) in [5, 5.41) is 5.05. The van der Waals surface area contributed by atoms with Crippen molar-refractivity contribution >= 4 is 10.9 Å². The summed E-state index contributed by atoms with van der Waals surface area (Å²) in [4.78, 5) is 3.53. The molecule has 2 aromatic rings. The highest BCUT2D eigenvalue weighted by atomic mass is 14.9. The second kappa shape index (κ2) is 4.77. The van der Waals surface area contributed by atoms with Gasteiger partial charge in [-0.05, 0) is 56.8 Å². The second-order valence-electron chi connectivity index (χ2n) is 5.63. The van der Waals surface area contributed by atoms with E-state index in [4.69, 9.17) is 0 Å². The highest BCUT2D eigenvalue weighted by Gasteiger charge is 2.16. The van der Waals surface area contributed by atoms with Crippen molar-refractivity contribution in [1.82, 2.24) is 10.3 Å². The molecule has 0 bridgehead atoms. The van der Waals surface area contributed by atoms with Crippen molar-refractivity contribution in [3.8, 4) is 0 Å². The van der Waals surface area contributed by atoms with Crippen LogP contribution in [-0.4, -0.2) is 17.6 Å². The lowest BCUT2D eigenvalue weighted by Gasteiger charge is -2.23. The molecule has 0 amide bonds. The molecule has 96 valence electrons. The molecule has 3 rings (SSSR count). The van der Waals surface area contributed by atoms with E-state index < -0.39 is 0 Å². The Morgan fingerprint density at radius 3 is 2.89 bits per heavy atom. The third-order valence-corrected chi connectivity index (χ3v) is 4.14. The number of hydrogen-bond acceptors (Lipinski definition) is 1. The molecule has 1 aromatic heterocycles. The minimum Gasteiger partial charge on any atom is -0.358 e. The first-order valence-corrected chi connectivity index (χ1v) is 7.05. The lowest BCUT2D eigenvalue weighted by atomic mass is 9.96. The summed E-state index contributed by atoms with van der Waals surface area (Å²) in [5.74, 6) is 0. The largest absolute Gasteiger partial charge is 0.358 e. The van der Waals surface area contributed by atoms with E-state index in [0.29, 0.717) is 6.04 Å². The van der Waals surface area contributed by atoms with Gasteiger partial charge in [0.25, 0.3) is 0 Å². The lowest BCUT2D eigenvalue weighted by Crippen LogP contribution is -2.35. The van der Waals surface area contributed by atoms with Crippen LogP contribution in [0.3, 0.4) is 0 Å². The van der Waals surface area contributed by atoms with E-state index in [2.05, 4.69) is 42.3 Å². The molecule has 1 aromatic carbocycles. The molecule has 1 aliphatic rings. The Hall–Kier alpha value is -1.28. The monoisotopic (exact) mass is 242 g/mol. The summed E-state index contributed by atoms with van der Waals surface area (Å²) in [6.07, 6.45) is 5.19. The Morgan fingerprint density at radius 2 is 2.11 bits per heavy atom. The van der Waals surface area contributed by atoms with Gasteiger partial charge in [0.15, 0.2) is 0 Å². The number of rotatable bonds is 2. The molecule has 1 aliphatic heterocycles. The summed E-state index contributed by atoms with van der Waals surface area (Å²) >= 11 is 0. The van der Waals surface area contributed by atoms with Gasteiger partial charge in [0, 0.05) is 22.6 Å². The number of fused-ring (bicyclic) bond motifs is 1. The van der Waals surface area contributed by atoms with Crippen LogP contribution < -0.4 is 5.32 Å². The van der Waals surface area contributed by atoms with Crippen LogP contribution in [0.25, 0.3) is 10.9 Å². The number of piperidine rings is 1. The van der Waals surface area contributed by atoms with Crippen molar-refractivity contribution in [2.45, 2.75) is 45.6 Å². The summed E-state index contributed by atoms with van der Waals surface area (Å²) in [6, 6.07) is 7.40. The quantitative estimate of drug-likeness (QED) is 0.829. The summed E-state index contributed by atoms with van der Waals surface area (Å²) in [5.41, 5.74) is 5.46. The van der Waals surface area contributed by atoms with Crippen LogP contribution in [0.2, 0.25) is 0 Å². The third-order valence-electron chi connectivity index (χ3n) is 4.14. The number of benzene rings is 1. The molecule has 2 heterocycles. The zero-order chi connectivity index (χ0) is 12.5.